The van der Waals surface area contributed by atoms with Crippen LogP contribution in [0.1, 0.15) is 11.3 Å². The van der Waals surface area contributed by atoms with E-state index in [9.17, 15) is 0 Å². The molecule has 0 aliphatic heterocycles. The third-order valence-corrected chi connectivity index (χ3v) is 1.45. The van der Waals surface area contributed by atoms with Gasteiger partial charge in [-0.3, -0.25) is 0 Å². The van der Waals surface area contributed by atoms with Crippen molar-refractivity contribution in [3.8, 4) is 0 Å². The smallest absolute Gasteiger partial charge is 0.0833 e. The molecule has 1 rings (SSSR count). The van der Waals surface area contributed by atoms with E-state index >= 15 is 0 Å². The van der Waals surface area contributed by atoms with Gasteiger partial charge in [-0.15, -0.1) is 6.58 Å². The number of aliphatic hydroxyl groups is 1. The largest absolute Gasteiger partial charge is 0.390 e. The number of H-pyrrole nitrogens is 1. The van der Waals surface area contributed by atoms with Gasteiger partial charge in [0.1, 0.15) is 0 Å². The van der Waals surface area contributed by atoms with Crippen molar-refractivity contribution in [3.63, 3.8) is 0 Å². The van der Waals surface area contributed by atoms with E-state index in [0.29, 0.717) is 0 Å². The zero-order valence-corrected chi connectivity index (χ0v) is 5.80. The number of aliphatic hydroxyl groups excluding tert-OH is 1. The number of nitrogens with one attached hydrogen (secondary N) is 1. The Hall–Kier alpha value is -1.02. The quantitative estimate of drug-likeness (QED) is 0.604. The molecule has 2 N–H and O–H groups in total. The van der Waals surface area contributed by atoms with Crippen molar-refractivity contribution in [2.45, 2.75) is 13.0 Å². The van der Waals surface area contributed by atoms with E-state index in [1.54, 1.807) is 0 Å². The van der Waals surface area contributed by atoms with E-state index in [2.05, 4.69) is 11.6 Å². The molecule has 1 heterocycles. The lowest BCUT2D eigenvalue weighted by atomic mass is 10.2. The number of hydrogen-bond donors (Lipinski definition) is 2. The summed E-state index contributed by atoms with van der Waals surface area (Å²) in [7, 11) is 0. The van der Waals surface area contributed by atoms with Crippen LogP contribution >= 0.6 is 0 Å². The summed E-state index contributed by atoms with van der Waals surface area (Å²) in [6.07, 6.45) is 4.46. The van der Waals surface area contributed by atoms with Crippen molar-refractivity contribution < 1.29 is 5.11 Å². The molecule has 1 aromatic heterocycles. The summed E-state index contributed by atoms with van der Waals surface area (Å²) in [5, 5.41) is 8.77. The molecule has 0 aliphatic carbocycles. The van der Waals surface area contributed by atoms with Crippen LogP contribution < -0.4 is 0 Å². The van der Waals surface area contributed by atoms with Gasteiger partial charge in [-0.05, 0) is 18.1 Å². The summed E-state index contributed by atoms with van der Waals surface area (Å²) in [6, 6.07) is 1.95. The monoisotopic (exact) mass is 137 g/mol. The molecule has 0 saturated heterocycles. The molecular weight excluding hydrogens is 126 g/mol. The maximum Gasteiger partial charge on any atom is 0.0833 e. The van der Waals surface area contributed by atoms with Crippen molar-refractivity contribution >= 4 is 0 Å². The van der Waals surface area contributed by atoms with Crippen LogP contribution in [0.3, 0.4) is 0 Å². The van der Waals surface area contributed by atoms with Gasteiger partial charge in [0.2, 0.25) is 0 Å². The minimum absolute atomic E-state index is 0.0795. The van der Waals surface area contributed by atoms with E-state index in [4.69, 9.17) is 5.11 Å². The Kier molecular flexibility index (Phi) is 2.29. The summed E-state index contributed by atoms with van der Waals surface area (Å²) in [5.41, 5.74) is 2.01. The van der Waals surface area contributed by atoms with Gasteiger partial charge in [0.05, 0.1) is 6.61 Å². The van der Waals surface area contributed by atoms with E-state index < -0.39 is 0 Å². The van der Waals surface area contributed by atoms with Crippen molar-refractivity contribution in [1.82, 2.24) is 4.98 Å². The number of allylic oxidation sites excluding steroid dienone is 1. The van der Waals surface area contributed by atoms with Gasteiger partial charge in [-0.25, -0.2) is 0 Å². The summed E-state index contributed by atoms with van der Waals surface area (Å²) < 4.78 is 0. The molecule has 0 saturated carbocycles. The van der Waals surface area contributed by atoms with Crippen LogP contribution in [0.2, 0.25) is 0 Å². The first-order chi connectivity index (χ1) is 4.88. The molecule has 0 aliphatic rings. The molecule has 1 aromatic rings. The van der Waals surface area contributed by atoms with E-state index in [1.165, 1.54) is 0 Å². The molecule has 0 radical (unpaired) electrons. The number of hydrogen-bond acceptors (Lipinski definition) is 1. The molecule has 2 heteroatoms. The molecule has 54 valence electrons. The Labute approximate surface area is 60.2 Å². The highest BCUT2D eigenvalue weighted by atomic mass is 16.3. The fourth-order valence-electron chi connectivity index (χ4n) is 0.930. The second kappa shape index (κ2) is 3.22. The second-order valence-corrected chi connectivity index (χ2v) is 2.13. The van der Waals surface area contributed by atoms with Crippen LogP contribution in [0.25, 0.3) is 0 Å². The number of rotatable bonds is 3. The van der Waals surface area contributed by atoms with Gasteiger partial charge >= 0.3 is 0 Å². The molecule has 0 amide bonds. The summed E-state index contributed by atoms with van der Waals surface area (Å²) in [4.78, 5) is 2.94. The summed E-state index contributed by atoms with van der Waals surface area (Å²) >= 11 is 0. The van der Waals surface area contributed by atoms with Crippen LogP contribution in [0, 0.1) is 0 Å². The lowest BCUT2D eigenvalue weighted by molar-refractivity contribution is 0.276. The van der Waals surface area contributed by atoms with Gasteiger partial charge in [0.25, 0.3) is 0 Å². The second-order valence-electron chi connectivity index (χ2n) is 2.13. The summed E-state index contributed by atoms with van der Waals surface area (Å²) in [6.45, 7) is 3.69. The highest BCUT2D eigenvalue weighted by Gasteiger charge is 1.97. The third-order valence-electron chi connectivity index (χ3n) is 1.45. The lowest BCUT2D eigenvalue weighted by Gasteiger charge is -1.94. The van der Waals surface area contributed by atoms with Crippen LogP contribution in [0.5, 0.6) is 0 Å². The lowest BCUT2D eigenvalue weighted by Crippen LogP contribution is -1.88. The van der Waals surface area contributed by atoms with Gasteiger partial charge in [0, 0.05) is 11.9 Å². The fourth-order valence-corrected chi connectivity index (χ4v) is 0.930. The Bertz CT molecular complexity index is 215. The van der Waals surface area contributed by atoms with Crippen molar-refractivity contribution in [1.29, 1.82) is 0 Å². The summed E-state index contributed by atoms with van der Waals surface area (Å²) in [5.74, 6) is 0. The molecule has 0 unspecified atom stereocenters. The first kappa shape index (κ1) is 7.09. The predicted octanol–water partition coefficient (Wildman–Crippen LogP) is 1.24. The first-order valence-electron chi connectivity index (χ1n) is 3.25. The maximum atomic E-state index is 8.77. The fraction of sp³-hybridized carbons (Fsp3) is 0.250. The maximum absolute atomic E-state index is 8.77. The highest BCUT2D eigenvalue weighted by Crippen LogP contribution is 2.06. The third kappa shape index (κ3) is 1.28. The van der Waals surface area contributed by atoms with E-state index in [1.807, 2.05) is 18.3 Å². The van der Waals surface area contributed by atoms with Crippen LogP contribution in [-0.2, 0) is 13.0 Å². The average molecular weight is 137 g/mol. The van der Waals surface area contributed by atoms with Gasteiger partial charge in [0.15, 0.2) is 0 Å². The normalized spacial score (nSPS) is 9.70. The highest BCUT2D eigenvalue weighted by molar-refractivity contribution is 5.21. The zero-order chi connectivity index (χ0) is 7.40. The molecule has 10 heavy (non-hydrogen) atoms. The van der Waals surface area contributed by atoms with Crippen molar-refractivity contribution in [3.05, 3.63) is 36.2 Å². The molecule has 0 fully saturated rings. The molecule has 2 nitrogen and oxygen atoms in total. The van der Waals surface area contributed by atoms with Crippen molar-refractivity contribution in [2.75, 3.05) is 0 Å². The molecule has 0 atom stereocenters. The van der Waals surface area contributed by atoms with Gasteiger partial charge < -0.3 is 10.1 Å². The Morgan fingerprint density at radius 2 is 2.50 bits per heavy atom. The molecular formula is C8H11NO. The minimum atomic E-state index is 0.0795. The van der Waals surface area contributed by atoms with Gasteiger partial charge in [-0.1, -0.05) is 6.08 Å². The van der Waals surface area contributed by atoms with Crippen LogP contribution in [0.4, 0.5) is 0 Å². The van der Waals surface area contributed by atoms with E-state index in [-0.39, 0.29) is 6.61 Å². The molecule has 0 aromatic carbocycles. The topological polar surface area (TPSA) is 36.0 Å². The van der Waals surface area contributed by atoms with Crippen LogP contribution in [-0.4, -0.2) is 10.1 Å². The standard InChI is InChI=1S/C8H11NO/c1-2-3-7-4-5-9-8(7)6-10/h2,4-5,9-10H,1,3,6H2. The number of aromatic nitrogens is 1. The molecule has 0 bridgehead atoms. The average Bonchev–Trinajstić information content (AvgIpc) is 2.36. The Balaban J connectivity index is 2.79. The Morgan fingerprint density at radius 3 is 3.10 bits per heavy atom. The SMILES string of the molecule is C=CCc1cc[nH]c1CO. The van der Waals surface area contributed by atoms with Crippen molar-refractivity contribution in [2.24, 2.45) is 0 Å². The first-order valence-corrected chi connectivity index (χ1v) is 3.25. The molecule has 0 spiro atoms. The Morgan fingerprint density at radius 1 is 1.70 bits per heavy atom. The number of aromatic amines is 1. The van der Waals surface area contributed by atoms with Gasteiger partial charge in [-0.2, -0.15) is 0 Å². The minimum Gasteiger partial charge on any atom is -0.390 e. The van der Waals surface area contributed by atoms with E-state index in [0.717, 1.165) is 17.7 Å². The van der Waals surface area contributed by atoms with Crippen LogP contribution in [0.15, 0.2) is 24.9 Å². The predicted molar refractivity (Wildman–Crippen MR) is 40.6 cm³/mol. The zero-order valence-electron chi connectivity index (χ0n) is 5.80.